The van der Waals surface area contributed by atoms with Gasteiger partial charge >= 0.3 is 0 Å². The van der Waals surface area contributed by atoms with Gasteiger partial charge in [0.1, 0.15) is 0 Å². The van der Waals surface area contributed by atoms with Gasteiger partial charge in [-0.1, -0.05) is 17.7 Å². The van der Waals surface area contributed by atoms with Gasteiger partial charge in [-0.25, -0.2) is 0 Å². The molecule has 2 nitrogen and oxygen atoms in total. The standard InChI is InChI=1S/C15H25NOS/c1-4-17-10-5-8-16-9-11-18-15-12-13(2)6-7-14(15)3/h6-7,12,16H,4-5,8-11H2,1-3H3. The van der Waals surface area contributed by atoms with Gasteiger partial charge in [0.15, 0.2) is 0 Å². The van der Waals surface area contributed by atoms with E-state index >= 15 is 0 Å². The Morgan fingerprint density at radius 2 is 2.06 bits per heavy atom. The Morgan fingerprint density at radius 1 is 1.22 bits per heavy atom. The van der Waals surface area contributed by atoms with Crippen LogP contribution in [-0.2, 0) is 4.74 Å². The highest BCUT2D eigenvalue weighted by atomic mass is 32.2. The van der Waals surface area contributed by atoms with Crippen LogP contribution in [0, 0.1) is 13.8 Å². The van der Waals surface area contributed by atoms with E-state index in [2.05, 4.69) is 37.4 Å². The third-order valence-electron chi connectivity index (χ3n) is 2.73. The third-order valence-corrected chi connectivity index (χ3v) is 3.89. The summed E-state index contributed by atoms with van der Waals surface area (Å²) in [7, 11) is 0. The molecule has 0 atom stereocenters. The monoisotopic (exact) mass is 267 g/mol. The van der Waals surface area contributed by atoms with Crippen LogP contribution >= 0.6 is 11.8 Å². The van der Waals surface area contributed by atoms with Crippen LogP contribution in [-0.4, -0.2) is 32.1 Å². The lowest BCUT2D eigenvalue weighted by Crippen LogP contribution is -2.19. The second-order valence-electron chi connectivity index (χ2n) is 4.42. The maximum atomic E-state index is 5.29. The summed E-state index contributed by atoms with van der Waals surface area (Å²) in [5.74, 6) is 1.12. The molecule has 1 N–H and O–H groups in total. The van der Waals surface area contributed by atoms with Crippen molar-refractivity contribution in [2.75, 3.05) is 32.1 Å². The van der Waals surface area contributed by atoms with Crippen molar-refractivity contribution in [1.82, 2.24) is 5.32 Å². The lowest BCUT2D eigenvalue weighted by Gasteiger charge is -2.08. The quantitative estimate of drug-likeness (QED) is 0.547. The van der Waals surface area contributed by atoms with Crippen LogP contribution in [0.5, 0.6) is 0 Å². The minimum absolute atomic E-state index is 0.822. The fourth-order valence-electron chi connectivity index (χ4n) is 1.66. The largest absolute Gasteiger partial charge is 0.382 e. The number of ether oxygens (including phenoxy) is 1. The van der Waals surface area contributed by atoms with Crippen molar-refractivity contribution in [3.63, 3.8) is 0 Å². The van der Waals surface area contributed by atoms with Crippen LogP contribution in [0.3, 0.4) is 0 Å². The molecule has 0 unspecified atom stereocenters. The van der Waals surface area contributed by atoms with Crippen molar-refractivity contribution >= 4 is 11.8 Å². The minimum Gasteiger partial charge on any atom is -0.382 e. The Balaban J connectivity index is 2.09. The zero-order valence-corrected chi connectivity index (χ0v) is 12.6. The lowest BCUT2D eigenvalue weighted by atomic mass is 10.2. The first-order chi connectivity index (χ1) is 8.74. The number of nitrogens with one attached hydrogen (secondary N) is 1. The van der Waals surface area contributed by atoms with Crippen LogP contribution in [0.15, 0.2) is 23.1 Å². The Kier molecular flexibility index (Phi) is 8.14. The number of aryl methyl sites for hydroxylation is 2. The fraction of sp³-hybridized carbons (Fsp3) is 0.600. The van der Waals surface area contributed by atoms with E-state index in [1.165, 1.54) is 16.0 Å². The van der Waals surface area contributed by atoms with Crippen LogP contribution in [0.25, 0.3) is 0 Å². The zero-order chi connectivity index (χ0) is 13.2. The normalized spacial score (nSPS) is 10.8. The van der Waals surface area contributed by atoms with E-state index in [4.69, 9.17) is 4.74 Å². The van der Waals surface area contributed by atoms with Gasteiger partial charge < -0.3 is 10.1 Å². The minimum atomic E-state index is 0.822. The first kappa shape index (κ1) is 15.5. The van der Waals surface area contributed by atoms with E-state index in [0.717, 1.165) is 38.5 Å². The molecule has 0 bridgehead atoms. The Labute approximate surface area is 116 Å². The van der Waals surface area contributed by atoms with Gasteiger partial charge in [-0.3, -0.25) is 0 Å². The molecule has 1 aromatic carbocycles. The van der Waals surface area contributed by atoms with E-state index in [1.807, 2.05) is 18.7 Å². The summed E-state index contributed by atoms with van der Waals surface area (Å²) in [6.45, 7) is 10.2. The summed E-state index contributed by atoms with van der Waals surface area (Å²) in [5.41, 5.74) is 2.72. The molecular formula is C15H25NOS. The average molecular weight is 267 g/mol. The molecular weight excluding hydrogens is 242 g/mol. The molecule has 0 aromatic heterocycles. The van der Waals surface area contributed by atoms with Crippen molar-refractivity contribution in [2.45, 2.75) is 32.1 Å². The molecule has 0 spiro atoms. The first-order valence-electron chi connectivity index (χ1n) is 6.72. The number of hydrogen-bond acceptors (Lipinski definition) is 3. The Bertz CT molecular complexity index is 341. The number of rotatable bonds is 9. The summed E-state index contributed by atoms with van der Waals surface area (Å²) in [5, 5.41) is 3.45. The Morgan fingerprint density at radius 3 is 2.83 bits per heavy atom. The summed E-state index contributed by atoms with van der Waals surface area (Å²) in [6, 6.07) is 6.65. The number of benzene rings is 1. The number of hydrogen-bond donors (Lipinski definition) is 1. The third kappa shape index (κ3) is 6.43. The highest BCUT2D eigenvalue weighted by Gasteiger charge is 1.99. The van der Waals surface area contributed by atoms with Gasteiger partial charge in [-0.15, -0.1) is 11.8 Å². The number of thioether (sulfide) groups is 1. The fourth-order valence-corrected chi connectivity index (χ4v) is 2.70. The van der Waals surface area contributed by atoms with E-state index < -0.39 is 0 Å². The van der Waals surface area contributed by atoms with Crippen LogP contribution in [0.4, 0.5) is 0 Å². The lowest BCUT2D eigenvalue weighted by molar-refractivity contribution is 0.145. The zero-order valence-electron chi connectivity index (χ0n) is 11.8. The molecule has 3 heteroatoms. The maximum Gasteiger partial charge on any atom is 0.0477 e. The predicted octanol–water partition coefficient (Wildman–Crippen LogP) is 3.41. The summed E-state index contributed by atoms with van der Waals surface area (Å²) < 4.78 is 5.29. The van der Waals surface area contributed by atoms with Crippen LogP contribution in [0.1, 0.15) is 24.5 Å². The summed E-state index contributed by atoms with van der Waals surface area (Å²) >= 11 is 1.94. The van der Waals surface area contributed by atoms with Crippen LogP contribution in [0.2, 0.25) is 0 Å². The van der Waals surface area contributed by atoms with Crippen LogP contribution < -0.4 is 5.32 Å². The first-order valence-corrected chi connectivity index (χ1v) is 7.71. The molecule has 0 aliphatic heterocycles. The van der Waals surface area contributed by atoms with E-state index in [1.54, 1.807) is 0 Å². The summed E-state index contributed by atoms with van der Waals surface area (Å²) in [6.07, 6.45) is 1.10. The average Bonchev–Trinajstić information content (AvgIpc) is 2.36. The molecule has 0 saturated heterocycles. The maximum absolute atomic E-state index is 5.29. The van der Waals surface area contributed by atoms with E-state index in [0.29, 0.717) is 0 Å². The molecule has 18 heavy (non-hydrogen) atoms. The molecule has 0 aliphatic rings. The SMILES string of the molecule is CCOCCCNCCSc1cc(C)ccc1C. The van der Waals surface area contributed by atoms with Gasteiger partial charge in [0.05, 0.1) is 0 Å². The summed E-state index contributed by atoms with van der Waals surface area (Å²) in [4.78, 5) is 1.41. The van der Waals surface area contributed by atoms with Gasteiger partial charge in [-0.05, 0) is 45.4 Å². The molecule has 1 aromatic rings. The highest BCUT2D eigenvalue weighted by molar-refractivity contribution is 7.99. The van der Waals surface area contributed by atoms with E-state index in [-0.39, 0.29) is 0 Å². The van der Waals surface area contributed by atoms with Crippen molar-refractivity contribution in [1.29, 1.82) is 0 Å². The topological polar surface area (TPSA) is 21.3 Å². The van der Waals surface area contributed by atoms with Gasteiger partial charge in [0, 0.05) is 30.4 Å². The van der Waals surface area contributed by atoms with E-state index in [9.17, 15) is 0 Å². The van der Waals surface area contributed by atoms with Gasteiger partial charge in [0.25, 0.3) is 0 Å². The molecule has 0 fully saturated rings. The molecule has 102 valence electrons. The van der Waals surface area contributed by atoms with Gasteiger partial charge in [0.2, 0.25) is 0 Å². The second kappa shape index (κ2) is 9.42. The molecule has 0 saturated carbocycles. The molecule has 0 aliphatic carbocycles. The molecule has 0 amide bonds. The highest BCUT2D eigenvalue weighted by Crippen LogP contribution is 2.22. The molecule has 1 rings (SSSR count). The second-order valence-corrected chi connectivity index (χ2v) is 5.55. The molecule has 0 heterocycles. The smallest absolute Gasteiger partial charge is 0.0477 e. The van der Waals surface area contributed by atoms with Gasteiger partial charge in [-0.2, -0.15) is 0 Å². The molecule has 0 radical (unpaired) electrons. The van der Waals surface area contributed by atoms with Crippen molar-refractivity contribution in [3.8, 4) is 0 Å². The van der Waals surface area contributed by atoms with Crippen molar-refractivity contribution < 1.29 is 4.74 Å². The van der Waals surface area contributed by atoms with Crippen molar-refractivity contribution in [2.24, 2.45) is 0 Å². The van der Waals surface area contributed by atoms with Crippen molar-refractivity contribution in [3.05, 3.63) is 29.3 Å². The predicted molar refractivity (Wildman–Crippen MR) is 80.6 cm³/mol. The Hall–Kier alpha value is -0.510.